The van der Waals surface area contributed by atoms with E-state index in [0.717, 1.165) is 24.3 Å². The van der Waals surface area contributed by atoms with Crippen molar-refractivity contribution in [1.82, 2.24) is 20.0 Å². The third kappa shape index (κ3) is 4.60. The smallest absolute Gasteiger partial charge is 0.261 e. The Bertz CT molecular complexity index is 847. The second-order valence-electron chi connectivity index (χ2n) is 6.70. The van der Waals surface area contributed by atoms with Gasteiger partial charge in [0, 0.05) is 13.0 Å². The van der Waals surface area contributed by atoms with Gasteiger partial charge in [0.2, 0.25) is 11.0 Å². The highest BCUT2D eigenvalue weighted by Crippen LogP contribution is 2.25. The number of anilines is 1. The van der Waals surface area contributed by atoms with E-state index in [0.29, 0.717) is 34.2 Å². The Kier molecular flexibility index (Phi) is 6.48. The van der Waals surface area contributed by atoms with E-state index in [9.17, 15) is 14.4 Å². The number of benzene rings is 1. The van der Waals surface area contributed by atoms with Crippen LogP contribution in [-0.4, -0.2) is 57.9 Å². The van der Waals surface area contributed by atoms with Crippen molar-refractivity contribution >= 4 is 34.2 Å². The zero-order valence-corrected chi connectivity index (χ0v) is 16.8. The number of nitrogens with one attached hydrogen (secondary N) is 1. The Morgan fingerprint density at radius 1 is 1.14 bits per heavy atom. The Hall–Kier alpha value is -2.65. The number of hydrogen-bond donors (Lipinski definition) is 1. The summed E-state index contributed by atoms with van der Waals surface area (Å²) in [7, 11) is 1.99. The zero-order valence-electron chi connectivity index (χ0n) is 16.0. The van der Waals surface area contributed by atoms with Gasteiger partial charge in [-0.3, -0.25) is 19.3 Å². The fourth-order valence-corrected chi connectivity index (χ4v) is 3.65. The van der Waals surface area contributed by atoms with Gasteiger partial charge in [-0.2, -0.15) is 0 Å². The van der Waals surface area contributed by atoms with Crippen LogP contribution in [0.2, 0.25) is 0 Å². The van der Waals surface area contributed by atoms with Gasteiger partial charge in [-0.25, -0.2) is 0 Å². The summed E-state index contributed by atoms with van der Waals surface area (Å²) < 4.78 is 0. The third-order valence-corrected chi connectivity index (χ3v) is 5.32. The van der Waals surface area contributed by atoms with Crippen molar-refractivity contribution in [2.75, 3.05) is 25.5 Å². The first kappa shape index (κ1) is 20.1. The number of rotatable bonds is 9. The minimum atomic E-state index is -0.337. The molecule has 1 aromatic carbocycles. The van der Waals surface area contributed by atoms with E-state index in [1.54, 1.807) is 24.3 Å². The lowest BCUT2D eigenvalue weighted by Gasteiger charge is -2.15. The number of hydrogen-bond acceptors (Lipinski definition) is 7. The molecule has 9 heteroatoms. The summed E-state index contributed by atoms with van der Waals surface area (Å²) >= 11 is 1.17. The standard InChI is InChI=1S/C19H23N5O3S/c1-3-4-10-23(2)11-9-15(25)20-19-22-21-16(28-19)12-24-17(26)13-7-5-6-8-14(13)18(24)27/h5-8H,3-4,9-12H2,1-2H3,(H,20,22,25). The molecule has 1 N–H and O–H groups in total. The molecule has 0 fully saturated rings. The second-order valence-corrected chi connectivity index (χ2v) is 7.76. The van der Waals surface area contributed by atoms with E-state index in [1.165, 1.54) is 11.3 Å². The van der Waals surface area contributed by atoms with Crippen LogP contribution < -0.4 is 5.32 Å². The molecule has 1 aromatic heterocycles. The maximum atomic E-state index is 12.4. The van der Waals surface area contributed by atoms with Crippen molar-refractivity contribution in [3.8, 4) is 0 Å². The number of amides is 3. The maximum Gasteiger partial charge on any atom is 0.261 e. The van der Waals surface area contributed by atoms with Crippen LogP contribution in [0.4, 0.5) is 5.13 Å². The number of imide groups is 1. The lowest BCUT2D eigenvalue weighted by molar-refractivity contribution is -0.116. The molecule has 8 nitrogen and oxygen atoms in total. The van der Waals surface area contributed by atoms with Gasteiger partial charge in [-0.05, 0) is 32.1 Å². The van der Waals surface area contributed by atoms with E-state index < -0.39 is 0 Å². The average molecular weight is 401 g/mol. The summed E-state index contributed by atoms with van der Waals surface area (Å²) in [6.07, 6.45) is 2.60. The number of carbonyl (C=O) groups is 3. The monoisotopic (exact) mass is 401 g/mol. The quantitative estimate of drug-likeness (QED) is 0.648. The normalized spacial score (nSPS) is 13.3. The summed E-state index contributed by atoms with van der Waals surface area (Å²) in [5, 5.41) is 11.5. The molecule has 0 spiro atoms. The minimum Gasteiger partial charge on any atom is -0.306 e. The summed E-state index contributed by atoms with van der Waals surface area (Å²) in [5.41, 5.74) is 0.801. The van der Waals surface area contributed by atoms with Crippen LogP contribution >= 0.6 is 11.3 Å². The molecule has 0 aliphatic carbocycles. The molecule has 3 rings (SSSR count). The summed E-state index contributed by atoms with van der Waals surface area (Å²) in [4.78, 5) is 40.2. The molecular weight excluding hydrogens is 378 g/mol. The molecule has 1 aliphatic rings. The van der Waals surface area contributed by atoms with Gasteiger partial charge in [-0.15, -0.1) is 10.2 Å². The Morgan fingerprint density at radius 3 is 2.46 bits per heavy atom. The number of fused-ring (bicyclic) bond motifs is 1. The summed E-state index contributed by atoms with van der Waals surface area (Å²) in [6.45, 7) is 3.81. The van der Waals surface area contributed by atoms with Crippen LogP contribution in [0.3, 0.4) is 0 Å². The zero-order chi connectivity index (χ0) is 20.1. The molecule has 0 radical (unpaired) electrons. The summed E-state index contributed by atoms with van der Waals surface area (Å²) in [6, 6.07) is 6.73. The fourth-order valence-electron chi connectivity index (χ4n) is 2.90. The molecule has 148 valence electrons. The van der Waals surface area contributed by atoms with Crippen LogP contribution in [0.25, 0.3) is 0 Å². The number of unbranched alkanes of at least 4 members (excludes halogenated alkanes) is 1. The first-order chi connectivity index (χ1) is 13.5. The van der Waals surface area contributed by atoms with E-state index in [-0.39, 0.29) is 24.3 Å². The molecule has 0 saturated heterocycles. The van der Waals surface area contributed by atoms with Crippen molar-refractivity contribution in [1.29, 1.82) is 0 Å². The van der Waals surface area contributed by atoms with Crippen LogP contribution in [0, 0.1) is 0 Å². The SMILES string of the molecule is CCCCN(C)CCC(=O)Nc1nnc(CN2C(=O)c3ccccc3C2=O)s1. The van der Waals surface area contributed by atoms with Gasteiger partial charge in [-0.1, -0.05) is 36.8 Å². The first-order valence-corrected chi connectivity index (χ1v) is 10.1. The minimum absolute atomic E-state index is 0.0413. The van der Waals surface area contributed by atoms with Gasteiger partial charge in [0.25, 0.3) is 11.8 Å². The first-order valence-electron chi connectivity index (χ1n) is 9.25. The predicted molar refractivity (Wildman–Crippen MR) is 106 cm³/mol. The van der Waals surface area contributed by atoms with Gasteiger partial charge in [0.1, 0.15) is 5.01 Å². The van der Waals surface area contributed by atoms with E-state index in [4.69, 9.17) is 0 Å². The average Bonchev–Trinajstić information content (AvgIpc) is 3.23. The number of carbonyl (C=O) groups excluding carboxylic acids is 3. The molecular formula is C19H23N5O3S. The van der Waals surface area contributed by atoms with Gasteiger partial charge in [0.05, 0.1) is 17.7 Å². The molecule has 1 aliphatic heterocycles. The van der Waals surface area contributed by atoms with E-state index >= 15 is 0 Å². The predicted octanol–water partition coefficient (Wildman–Crippen LogP) is 2.39. The van der Waals surface area contributed by atoms with Crippen molar-refractivity contribution in [3.63, 3.8) is 0 Å². The largest absolute Gasteiger partial charge is 0.306 e. The molecule has 3 amide bonds. The molecule has 2 heterocycles. The summed E-state index contributed by atoms with van der Waals surface area (Å²) in [5.74, 6) is -0.806. The molecule has 0 saturated carbocycles. The second kappa shape index (κ2) is 9.03. The van der Waals surface area contributed by atoms with Crippen LogP contribution in [-0.2, 0) is 11.3 Å². The highest BCUT2D eigenvalue weighted by Gasteiger charge is 2.35. The third-order valence-electron chi connectivity index (χ3n) is 4.50. The number of nitrogens with zero attached hydrogens (tertiary/aromatic N) is 4. The molecule has 0 bridgehead atoms. The van der Waals surface area contributed by atoms with Crippen LogP contribution in [0.5, 0.6) is 0 Å². The molecule has 0 unspecified atom stereocenters. The Morgan fingerprint density at radius 2 is 1.82 bits per heavy atom. The molecule has 28 heavy (non-hydrogen) atoms. The van der Waals surface area contributed by atoms with Gasteiger partial charge >= 0.3 is 0 Å². The van der Waals surface area contributed by atoms with Gasteiger partial charge in [0.15, 0.2) is 0 Å². The highest BCUT2D eigenvalue weighted by molar-refractivity contribution is 7.15. The molecule has 0 atom stereocenters. The lowest BCUT2D eigenvalue weighted by Crippen LogP contribution is -2.29. The van der Waals surface area contributed by atoms with Crippen LogP contribution in [0.1, 0.15) is 51.9 Å². The number of aromatic nitrogens is 2. The molecule has 2 aromatic rings. The Balaban J connectivity index is 1.53. The van der Waals surface area contributed by atoms with Crippen molar-refractivity contribution in [2.24, 2.45) is 0 Å². The fraction of sp³-hybridized carbons (Fsp3) is 0.421. The van der Waals surface area contributed by atoms with Gasteiger partial charge < -0.3 is 10.2 Å². The Labute approximate surface area is 167 Å². The lowest BCUT2D eigenvalue weighted by atomic mass is 10.1. The van der Waals surface area contributed by atoms with Crippen molar-refractivity contribution < 1.29 is 14.4 Å². The van der Waals surface area contributed by atoms with Crippen molar-refractivity contribution in [3.05, 3.63) is 40.4 Å². The van der Waals surface area contributed by atoms with Crippen molar-refractivity contribution in [2.45, 2.75) is 32.7 Å². The topological polar surface area (TPSA) is 95.5 Å². The maximum absolute atomic E-state index is 12.4. The highest BCUT2D eigenvalue weighted by atomic mass is 32.1. The van der Waals surface area contributed by atoms with E-state index in [1.807, 2.05) is 7.05 Å². The van der Waals surface area contributed by atoms with E-state index in [2.05, 4.69) is 27.3 Å². The van der Waals surface area contributed by atoms with Crippen LogP contribution in [0.15, 0.2) is 24.3 Å².